The maximum Gasteiger partial charge on any atom is 0.331 e. The molecule has 0 fully saturated rings. The number of Topliss-reactive ketones (excluding diaryl/α,β-unsaturated/α-hetero) is 1. The Bertz CT molecular complexity index is 933. The third kappa shape index (κ3) is 4.76. The van der Waals surface area contributed by atoms with E-state index in [0.29, 0.717) is 39.7 Å². The van der Waals surface area contributed by atoms with E-state index in [0.717, 1.165) is 5.56 Å². The highest BCUT2D eigenvalue weighted by Crippen LogP contribution is 2.26. The number of hydrogen-bond donors (Lipinski definition) is 1. The van der Waals surface area contributed by atoms with Gasteiger partial charge in [0, 0.05) is 39.4 Å². The number of esters is 1. The molecular formula is C20H15Cl2NO4. The molecule has 1 N–H and O–H groups in total. The Morgan fingerprint density at radius 1 is 1.11 bits per heavy atom. The molecule has 0 aliphatic carbocycles. The van der Waals surface area contributed by atoms with Gasteiger partial charge in [-0.15, -0.1) is 0 Å². The van der Waals surface area contributed by atoms with Crippen LogP contribution in [0.3, 0.4) is 0 Å². The van der Waals surface area contributed by atoms with Crippen LogP contribution in [0.1, 0.15) is 27.9 Å². The lowest BCUT2D eigenvalue weighted by atomic mass is 9.99. The lowest BCUT2D eigenvalue weighted by Gasteiger charge is -2.17. The monoisotopic (exact) mass is 403 g/mol. The Hall–Kier alpha value is -2.63. The van der Waals surface area contributed by atoms with Gasteiger partial charge in [-0.2, -0.15) is 0 Å². The number of nitrogens with one attached hydrogen (secondary N) is 1. The fraction of sp³-hybridized carbons (Fsp3) is 0.150. The highest BCUT2D eigenvalue weighted by molar-refractivity contribution is 6.37. The van der Waals surface area contributed by atoms with E-state index in [1.165, 1.54) is 12.2 Å². The molecular weight excluding hydrogens is 389 g/mol. The van der Waals surface area contributed by atoms with Crippen molar-refractivity contribution in [3.8, 4) is 0 Å². The maximum absolute atomic E-state index is 12.3. The molecule has 27 heavy (non-hydrogen) atoms. The maximum atomic E-state index is 12.3. The summed E-state index contributed by atoms with van der Waals surface area (Å²) < 4.78 is 4.99. The van der Waals surface area contributed by atoms with Gasteiger partial charge in [0.05, 0.1) is 0 Å². The largest absolute Gasteiger partial charge is 0.454 e. The Kier molecular flexibility index (Phi) is 5.94. The first-order valence-corrected chi connectivity index (χ1v) is 8.94. The van der Waals surface area contributed by atoms with E-state index >= 15 is 0 Å². The van der Waals surface area contributed by atoms with Crippen molar-refractivity contribution in [1.29, 1.82) is 0 Å². The molecule has 1 amide bonds. The Labute approximate surface area is 165 Å². The molecule has 0 aromatic heterocycles. The Balaban J connectivity index is 1.60. The van der Waals surface area contributed by atoms with Crippen LogP contribution in [0, 0.1) is 0 Å². The third-order valence-electron chi connectivity index (χ3n) is 4.05. The molecule has 5 nitrogen and oxygen atoms in total. The highest BCUT2D eigenvalue weighted by atomic mass is 35.5. The number of fused-ring (bicyclic) bond motifs is 1. The van der Waals surface area contributed by atoms with Crippen LogP contribution in [0.5, 0.6) is 0 Å². The van der Waals surface area contributed by atoms with E-state index in [1.54, 1.807) is 36.4 Å². The van der Waals surface area contributed by atoms with Crippen molar-refractivity contribution in [2.24, 2.45) is 0 Å². The van der Waals surface area contributed by atoms with E-state index in [1.807, 2.05) is 0 Å². The number of aryl methyl sites for hydroxylation is 1. The van der Waals surface area contributed by atoms with Crippen molar-refractivity contribution in [2.45, 2.75) is 12.8 Å². The molecule has 1 aliphatic heterocycles. The summed E-state index contributed by atoms with van der Waals surface area (Å²) in [4.78, 5) is 35.5. The molecule has 1 aliphatic rings. The minimum absolute atomic E-state index is 0.0408. The number of hydrogen-bond acceptors (Lipinski definition) is 4. The average Bonchev–Trinajstić information content (AvgIpc) is 2.65. The highest BCUT2D eigenvalue weighted by Gasteiger charge is 2.17. The number of anilines is 1. The van der Waals surface area contributed by atoms with Crippen LogP contribution in [0.25, 0.3) is 6.08 Å². The first kappa shape index (κ1) is 19.1. The third-order valence-corrected chi connectivity index (χ3v) is 4.71. The minimum Gasteiger partial charge on any atom is -0.454 e. The molecule has 0 atom stereocenters. The van der Waals surface area contributed by atoms with Gasteiger partial charge >= 0.3 is 5.97 Å². The summed E-state index contributed by atoms with van der Waals surface area (Å²) in [5.74, 6) is -1.04. The van der Waals surface area contributed by atoms with Crippen molar-refractivity contribution in [3.05, 3.63) is 69.2 Å². The summed E-state index contributed by atoms with van der Waals surface area (Å²) in [7, 11) is 0. The zero-order valence-electron chi connectivity index (χ0n) is 14.1. The van der Waals surface area contributed by atoms with Gasteiger partial charge in [0.15, 0.2) is 12.4 Å². The second kappa shape index (κ2) is 8.37. The predicted octanol–water partition coefficient (Wildman–Crippen LogP) is 4.32. The van der Waals surface area contributed by atoms with Crippen molar-refractivity contribution >= 4 is 52.6 Å². The van der Waals surface area contributed by atoms with E-state index in [9.17, 15) is 14.4 Å². The van der Waals surface area contributed by atoms with Gasteiger partial charge in [-0.05, 0) is 48.4 Å². The lowest BCUT2D eigenvalue weighted by molar-refractivity contribution is -0.136. The van der Waals surface area contributed by atoms with Crippen molar-refractivity contribution < 1.29 is 19.1 Å². The fourth-order valence-electron chi connectivity index (χ4n) is 2.65. The molecule has 0 saturated carbocycles. The van der Waals surface area contributed by atoms with Crippen LogP contribution in [-0.2, 0) is 20.7 Å². The topological polar surface area (TPSA) is 72.5 Å². The van der Waals surface area contributed by atoms with Crippen LogP contribution in [-0.4, -0.2) is 24.3 Å². The molecule has 2 aromatic carbocycles. The van der Waals surface area contributed by atoms with E-state index in [2.05, 4.69) is 5.32 Å². The van der Waals surface area contributed by atoms with Crippen molar-refractivity contribution in [1.82, 2.24) is 0 Å². The van der Waals surface area contributed by atoms with Crippen LogP contribution < -0.4 is 5.32 Å². The second-order valence-electron chi connectivity index (χ2n) is 5.92. The van der Waals surface area contributed by atoms with Gasteiger partial charge in [-0.3, -0.25) is 9.59 Å². The number of halogens is 2. The molecule has 0 saturated heterocycles. The number of rotatable bonds is 5. The summed E-state index contributed by atoms with van der Waals surface area (Å²) in [6, 6.07) is 10.00. The summed E-state index contributed by atoms with van der Waals surface area (Å²) in [6.07, 6.45) is 3.57. The smallest absolute Gasteiger partial charge is 0.331 e. The quantitative estimate of drug-likeness (QED) is 0.458. The summed E-state index contributed by atoms with van der Waals surface area (Å²) in [5.41, 5.74) is 2.52. The van der Waals surface area contributed by atoms with Crippen LogP contribution in [0.2, 0.25) is 10.0 Å². The molecule has 3 rings (SSSR count). The second-order valence-corrected chi connectivity index (χ2v) is 6.73. The molecule has 2 aromatic rings. The molecule has 0 unspecified atom stereocenters. The summed E-state index contributed by atoms with van der Waals surface area (Å²) in [5, 5.41) is 3.56. The molecule has 0 bridgehead atoms. The lowest BCUT2D eigenvalue weighted by Crippen LogP contribution is -2.20. The fourth-order valence-corrected chi connectivity index (χ4v) is 3.17. The predicted molar refractivity (Wildman–Crippen MR) is 104 cm³/mol. The number of benzene rings is 2. The molecule has 0 spiro atoms. The summed E-state index contributed by atoms with van der Waals surface area (Å²) in [6.45, 7) is -0.384. The molecule has 0 radical (unpaired) electrons. The first-order valence-electron chi connectivity index (χ1n) is 8.19. The van der Waals surface area contributed by atoms with Gasteiger partial charge in [0.2, 0.25) is 5.91 Å². The normalized spacial score (nSPS) is 13.2. The SMILES string of the molecule is O=C1CCc2cc(C(=O)COC(=O)/C=C/c3c(Cl)cccc3Cl)ccc2N1. The van der Waals surface area contributed by atoms with Gasteiger partial charge in [-0.1, -0.05) is 29.3 Å². The van der Waals surface area contributed by atoms with Crippen molar-refractivity contribution in [3.63, 3.8) is 0 Å². The number of ether oxygens (including phenoxy) is 1. The number of carbonyl (C=O) groups is 3. The van der Waals surface area contributed by atoms with Crippen LogP contribution in [0.15, 0.2) is 42.5 Å². The summed E-state index contributed by atoms with van der Waals surface area (Å²) >= 11 is 12.0. The molecule has 1 heterocycles. The van der Waals surface area contributed by atoms with Gasteiger partial charge in [0.1, 0.15) is 0 Å². The number of ketones is 1. The molecule has 7 heteroatoms. The zero-order valence-corrected chi connectivity index (χ0v) is 15.6. The number of carbonyl (C=O) groups excluding carboxylic acids is 3. The standard InChI is InChI=1S/C20H15Cl2NO4/c21-15-2-1-3-16(22)14(15)6-9-20(26)27-11-18(24)13-4-7-17-12(10-13)5-8-19(25)23-17/h1-4,6-7,9-10H,5,8,11H2,(H,23,25)/b9-6+. The first-order chi connectivity index (χ1) is 12.9. The van der Waals surface area contributed by atoms with Gasteiger partial charge < -0.3 is 10.1 Å². The van der Waals surface area contributed by atoms with Gasteiger partial charge in [-0.25, -0.2) is 4.79 Å². The average molecular weight is 404 g/mol. The Morgan fingerprint density at radius 3 is 2.59 bits per heavy atom. The van der Waals surface area contributed by atoms with E-state index < -0.39 is 5.97 Å². The Morgan fingerprint density at radius 2 is 1.85 bits per heavy atom. The van der Waals surface area contributed by atoms with Crippen LogP contribution in [0.4, 0.5) is 5.69 Å². The minimum atomic E-state index is -0.676. The van der Waals surface area contributed by atoms with E-state index in [4.69, 9.17) is 27.9 Å². The van der Waals surface area contributed by atoms with Crippen LogP contribution >= 0.6 is 23.2 Å². The van der Waals surface area contributed by atoms with Crippen molar-refractivity contribution in [2.75, 3.05) is 11.9 Å². The molecule has 138 valence electrons. The van der Waals surface area contributed by atoms with Gasteiger partial charge in [0.25, 0.3) is 0 Å². The van der Waals surface area contributed by atoms with E-state index in [-0.39, 0.29) is 18.3 Å². The number of amides is 1. The zero-order chi connectivity index (χ0) is 19.4.